The lowest BCUT2D eigenvalue weighted by Crippen LogP contribution is -2.37. The summed E-state index contributed by atoms with van der Waals surface area (Å²) < 4.78 is 34.3. The van der Waals surface area contributed by atoms with Gasteiger partial charge in [0.05, 0.1) is 10.1 Å². The second kappa shape index (κ2) is 12.2. The number of carbonyl (C=O) groups is 1. The molecule has 11 heteroatoms. The van der Waals surface area contributed by atoms with Crippen LogP contribution in [0.1, 0.15) is 82.7 Å². The van der Waals surface area contributed by atoms with Crippen LogP contribution in [0.2, 0.25) is 5.02 Å². The number of carbonyl (C=O) groups excluding carboxylic acids is 1. The van der Waals surface area contributed by atoms with Crippen molar-refractivity contribution in [3.8, 4) is 0 Å². The Morgan fingerprint density at radius 1 is 1.17 bits per heavy atom. The van der Waals surface area contributed by atoms with Gasteiger partial charge in [-0.1, -0.05) is 43.7 Å². The van der Waals surface area contributed by atoms with Crippen LogP contribution in [0.4, 0.5) is 11.6 Å². The van der Waals surface area contributed by atoms with E-state index in [1.165, 1.54) is 0 Å². The van der Waals surface area contributed by atoms with Crippen molar-refractivity contribution in [2.75, 3.05) is 11.9 Å². The summed E-state index contributed by atoms with van der Waals surface area (Å²) in [5.41, 5.74) is 0.883. The third-order valence-corrected chi connectivity index (χ3v) is 11.0. The van der Waals surface area contributed by atoms with Gasteiger partial charge in [0.2, 0.25) is 5.95 Å². The molecule has 9 nitrogen and oxygen atoms in total. The summed E-state index contributed by atoms with van der Waals surface area (Å²) in [6.45, 7) is 3.71. The maximum atomic E-state index is 13.3. The SMILES string of the molecule is Cc1cc(S(=O)(=O)C(C)CCOC2(C=O)CCCCC2)ccc1Nc1ncc2cc(Cl)c(=O)n(C3CCCC3)c2n1. The lowest BCUT2D eigenvalue weighted by molar-refractivity contribution is -0.136. The number of nitrogens with zero attached hydrogens (tertiary/aromatic N) is 3. The molecule has 0 radical (unpaired) electrons. The van der Waals surface area contributed by atoms with Gasteiger partial charge in [-0.25, -0.2) is 13.4 Å². The molecule has 2 aromatic heterocycles. The molecule has 2 fully saturated rings. The average Bonchev–Trinajstić information content (AvgIpc) is 3.50. The largest absolute Gasteiger partial charge is 0.367 e. The van der Waals surface area contributed by atoms with Crippen molar-refractivity contribution < 1.29 is 17.9 Å². The number of aromatic nitrogens is 3. The smallest absolute Gasteiger partial charge is 0.271 e. The predicted octanol–water partition coefficient (Wildman–Crippen LogP) is 6.08. The number of nitrogens with one attached hydrogen (secondary N) is 1. The first kappa shape index (κ1) is 29.7. The second-order valence-corrected chi connectivity index (χ2v) is 14.2. The van der Waals surface area contributed by atoms with Crippen LogP contribution < -0.4 is 10.9 Å². The summed E-state index contributed by atoms with van der Waals surface area (Å²) in [7, 11) is -3.61. The summed E-state index contributed by atoms with van der Waals surface area (Å²) >= 11 is 6.24. The van der Waals surface area contributed by atoms with E-state index in [0.717, 1.165) is 51.2 Å². The standard InChI is InChI=1S/C30H37ClN4O5S/c1-20-16-24(41(38,39)21(2)12-15-40-30(19-36)13-6-3-7-14-30)10-11-26(20)33-29-32-18-22-17-25(31)28(37)35(27(22)34-29)23-8-4-5-9-23/h10-11,16-19,21,23H,3-9,12-15H2,1-2H3,(H,32,33,34). The number of halogens is 1. The maximum absolute atomic E-state index is 13.3. The van der Waals surface area contributed by atoms with Crippen molar-refractivity contribution in [3.63, 3.8) is 0 Å². The van der Waals surface area contributed by atoms with Crippen LogP contribution in [-0.4, -0.2) is 46.7 Å². The average molecular weight is 601 g/mol. The zero-order valence-electron chi connectivity index (χ0n) is 23.6. The minimum Gasteiger partial charge on any atom is -0.367 e. The van der Waals surface area contributed by atoms with E-state index in [-0.39, 0.29) is 28.1 Å². The van der Waals surface area contributed by atoms with Crippen molar-refractivity contribution in [2.45, 2.75) is 99.8 Å². The molecule has 0 saturated heterocycles. The minimum atomic E-state index is -3.61. The van der Waals surface area contributed by atoms with Crippen LogP contribution in [0, 0.1) is 6.92 Å². The summed E-state index contributed by atoms with van der Waals surface area (Å²) in [5.74, 6) is 0.307. The van der Waals surface area contributed by atoms with Crippen molar-refractivity contribution >= 4 is 50.4 Å². The summed E-state index contributed by atoms with van der Waals surface area (Å²) in [4.78, 5) is 33.9. The summed E-state index contributed by atoms with van der Waals surface area (Å²) in [6, 6.07) is 6.56. The molecule has 0 spiro atoms. The topological polar surface area (TPSA) is 120 Å². The number of ether oxygens (including phenoxy) is 1. The van der Waals surface area contributed by atoms with Gasteiger partial charge in [-0.3, -0.25) is 9.36 Å². The van der Waals surface area contributed by atoms with E-state index in [2.05, 4.69) is 15.3 Å². The zero-order valence-corrected chi connectivity index (χ0v) is 25.1. The van der Waals surface area contributed by atoms with Crippen LogP contribution in [0.3, 0.4) is 0 Å². The molecule has 5 rings (SSSR count). The Morgan fingerprint density at radius 3 is 2.59 bits per heavy atom. The number of aldehydes is 1. The van der Waals surface area contributed by atoms with Gasteiger partial charge in [0.15, 0.2) is 16.1 Å². The first-order valence-electron chi connectivity index (χ1n) is 14.4. The Kier molecular flexibility index (Phi) is 8.82. The molecule has 2 aliphatic rings. The molecule has 0 aliphatic heterocycles. The van der Waals surface area contributed by atoms with E-state index >= 15 is 0 Å². The second-order valence-electron chi connectivity index (χ2n) is 11.4. The fourth-order valence-electron chi connectivity index (χ4n) is 5.98. The molecule has 1 N–H and O–H groups in total. The van der Waals surface area contributed by atoms with Crippen molar-refractivity contribution in [3.05, 3.63) is 51.4 Å². The molecule has 2 aliphatic carbocycles. The van der Waals surface area contributed by atoms with Gasteiger partial charge in [0, 0.05) is 29.9 Å². The lowest BCUT2D eigenvalue weighted by atomic mass is 9.86. The zero-order chi connectivity index (χ0) is 29.2. The lowest BCUT2D eigenvalue weighted by Gasteiger charge is -2.32. The third-order valence-electron chi connectivity index (χ3n) is 8.55. The number of hydrogen-bond acceptors (Lipinski definition) is 8. The molecule has 220 valence electrons. The van der Waals surface area contributed by atoms with Crippen molar-refractivity contribution in [1.82, 2.24) is 14.5 Å². The first-order valence-corrected chi connectivity index (χ1v) is 16.4. The quantitative estimate of drug-likeness (QED) is 0.278. The van der Waals surface area contributed by atoms with Gasteiger partial charge in [-0.15, -0.1) is 0 Å². The summed E-state index contributed by atoms with van der Waals surface area (Å²) in [6.07, 6.45) is 11.1. The number of hydrogen-bond donors (Lipinski definition) is 1. The Labute approximate surface area is 245 Å². The number of pyridine rings is 1. The minimum absolute atomic E-state index is 0.0525. The molecule has 2 saturated carbocycles. The Balaban J connectivity index is 1.31. The predicted molar refractivity (Wildman–Crippen MR) is 160 cm³/mol. The van der Waals surface area contributed by atoms with Gasteiger partial charge >= 0.3 is 0 Å². The van der Waals surface area contributed by atoms with Crippen molar-refractivity contribution in [2.24, 2.45) is 0 Å². The van der Waals surface area contributed by atoms with Gasteiger partial charge in [0.25, 0.3) is 5.56 Å². The molecule has 0 bridgehead atoms. The van der Waals surface area contributed by atoms with E-state index in [1.807, 2.05) is 6.92 Å². The molecular weight excluding hydrogens is 564 g/mol. The van der Waals surface area contributed by atoms with E-state index in [4.69, 9.17) is 16.3 Å². The van der Waals surface area contributed by atoms with E-state index in [1.54, 1.807) is 42.0 Å². The van der Waals surface area contributed by atoms with Crippen LogP contribution in [0.25, 0.3) is 11.0 Å². The van der Waals surface area contributed by atoms with E-state index in [9.17, 15) is 18.0 Å². The molecule has 41 heavy (non-hydrogen) atoms. The number of benzene rings is 1. The number of anilines is 2. The fourth-order valence-corrected chi connectivity index (χ4v) is 7.66. The van der Waals surface area contributed by atoms with Crippen molar-refractivity contribution in [1.29, 1.82) is 0 Å². The monoisotopic (exact) mass is 600 g/mol. The van der Waals surface area contributed by atoms with Crippen LogP contribution >= 0.6 is 11.6 Å². The fraction of sp³-hybridized carbons (Fsp3) is 0.533. The van der Waals surface area contributed by atoms with Crippen LogP contribution in [-0.2, 0) is 19.4 Å². The normalized spacial score (nSPS) is 18.4. The highest BCUT2D eigenvalue weighted by Gasteiger charge is 2.33. The van der Waals surface area contributed by atoms with Gasteiger partial charge in [-0.05, 0) is 75.8 Å². The molecule has 2 heterocycles. The molecular formula is C30H37ClN4O5S. The molecule has 1 aromatic carbocycles. The van der Waals surface area contributed by atoms with Gasteiger partial charge in [-0.2, -0.15) is 4.98 Å². The Morgan fingerprint density at radius 2 is 1.90 bits per heavy atom. The van der Waals surface area contributed by atoms with Gasteiger partial charge < -0.3 is 14.8 Å². The Bertz CT molecular complexity index is 1590. The maximum Gasteiger partial charge on any atom is 0.271 e. The highest BCUT2D eigenvalue weighted by atomic mass is 35.5. The number of aryl methyl sites for hydroxylation is 1. The highest BCUT2D eigenvalue weighted by molar-refractivity contribution is 7.92. The molecule has 1 atom stereocenters. The van der Waals surface area contributed by atoms with Gasteiger partial charge in [0.1, 0.15) is 16.3 Å². The summed E-state index contributed by atoms with van der Waals surface area (Å²) in [5, 5.41) is 3.35. The number of sulfone groups is 1. The Hall–Kier alpha value is -2.82. The van der Waals surface area contributed by atoms with E-state index in [0.29, 0.717) is 47.5 Å². The molecule has 1 unspecified atom stereocenters. The first-order chi connectivity index (χ1) is 19.6. The highest BCUT2D eigenvalue weighted by Crippen LogP contribution is 2.33. The van der Waals surface area contributed by atoms with Crippen LogP contribution in [0.15, 0.2) is 40.2 Å². The van der Waals surface area contributed by atoms with Crippen LogP contribution in [0.5, 0.6) is 0 Å². The molecule has 3 aromatic rings. The number of fused-ring (bicyclic) bond motifs is 1. The third kappa shape index (κ3) is 6.20. The van der Waals surface area contributed by atoms with E-state index < -0.39 is 20.7 Å². The molecule has 0 amide bonds. The number of rotatable bonds is 10.